The first-order valence-corrected chi connectivity index (χ1v) is 7.46. The molecule has 0 saturated carbocycles. The number of ether oxygens (including phenoxy) is 1. The second kappa shape index (κ2) is 6.34. The fourth-order valence-corrected chi connectivity index (χ4v) is 2.37. The summed E-state index contributed by atoms with van der Waals surface area (Å²) < 4.78 is 5.73. The molecule has 0 aromatic carbocycles. The van der Waals surface area contributed by atoms with Gasteiger partial charge < -0.3 is 21.1 Å². The standard InChI is InChI=1S/C14H25N5O2/c1-4-5-6-7-21-8-9-14(2,3)19-11-10(16-9)12(20)18-13(15)17-11/h9,16H,4-8H2,1-3H3,(H4,15,17,18,19,20). The van der Waals surface area contributed by atoms with Crippen LogP contribution in [0.2, 0.25) is 0 Å². The Morgan fingerprint density at radius 3 is 2.86 bits per heavy atom. The summed E-state index contributed by atoms with van der Waals surface area (Å²) in [5, 5.41) is 6.49. The third kappa shape index (κ3) is 3.66. The van der Waals surface area contributed by atoms with Crippen molar-refractivity contribution in [2.45, 2.75) is 51.6 Å². The summed E-state index contributed by atoms with van der Waals surface area (Å²) in [6.45, 7) is 7.53. The van der Waals surface area contributed by atoms with Gasteiger partial charge in [-0.25, -0.2) is 0 Å². The number of nitrogens with one attached hydrogen (secondary N) is 3. The number of hydrogen-bond acceptors (Lipinski definition) is 6. The average molecular weight is 295 g/mol. The largest absolute Gasteiger partial charge is 0.379 e. The minimum atomic E-state index is -0.287. The highest BCUT2D eigenvalue weighted by atomic mass is 16.5. The number of nitrogens with two attached hydrogens (primary N) is 1. The Morgan fingerprint density at radius 1 is 1.38 bits per heavy atom. The number of H-pyrrole nitrogens is 1. The number of hydrogen-bond donors (Lipinski definition) is 4. The van der Waals surface area contributed by atoms with Crippen molar-refractivity contribution in [2.24, 2.45) is 0 Å². The Morgan fingerprint density at radius 2 is 2.14 bits per heavy atom. The average Bonchev–Trinajstić information content (AvgIpc) is 2.38. The first kappa shape index (κ1) is 15.6. The topological polar surface area (TPSA) is 105 Å². The molecule has 21 heavy (non-hydrogen) atoms. The summed E-state index contributed by atoms with van der Waals surface area (Å²) in [4.78, 5) is 18.6. The van der Waals surface area contributed by atoms with Gasteiger partial charge in [0.05, 0.1) is 18.2 Å². The fourth-order valence-electron chi connectivity index (χ4n) is 2.37. The number of aromatic amines is 1. The molecule has 5 N–H and O–H groups in total. The molecular formula is C14H25N5O2. The number of aromatic nitrogens is 2. The molecule has 0 radical (unpaired) electrons. The Balaban J connectivity index is 2.05. The molecule has 1 aromatic rings. The van der Waals surface area contributed by atoms with Crippen LogP contribution in [0, 0.1) is 0 Å². The van der Waals surface area contributed by atoms with E-state index in [1.165, 1.54) is 12.8 Å². The van der Waals surface area contributed by atoms with Crippen molar-refractivity contribution >= 4 is 17.5 Å². The number of nitrogens with zero attached hydrogens (tertiary/aromatic N) is 1. The van der Waals surface area contributed by atoms with Gasteiger partial charge in [-0.15, -0.1) is 0 Å². The van der Waals surface area contributed by atoms with Crippen molar-refractivity contribution in [3.8, 4) is 0 Å². The maximum Gasteiger partial charge on any atom is 0.277 e. The van der Waals surface area contributed by atoms with E-state index in [4.69, 9.17) is 10.5 Å². The highest BCUT2D eigenvalue weighted by Gasteiger charge is 2.36. The van der Waals surface area contributed by atoms with E-state index in [0.717, 1.165) is 13.0 Å². The van der Waals surface area contributed by atoms with Crippen molar-refractivity contribution < 1.29 is 4.74 Å². The van der Waals surface area contributed by atoms with Crippen LogP contribution in [0.15, 0.2) is 4.79 Å². The summed E-state index contributed by atoms with van der Waals surface area (Å²) in [6.07, 6.45) is 3.41. The van der Waals surface area contributed by atoms with Gasteiger partial charge in [-0.05, 0) is 20.3 Å². The SMILES string of the molecule is CCCCCOCC1Nc2c(nc(N)[nH]c2=O)NC1(C)C. The molecule has 0 amide bonds. The van der Waals surface area contributed by atoms with Crippen molar-refractivity contribution in [2.75, 3.05) is 29.6 Å². The number of nitrogen functional groups attached to an aromatic ring is 1. The minimum absolute atomic E-state index is 0.0156. The molecule has 0 bridgehead atoms. The molecule has 0 fully saturated rings. The zero-order valence-electron chi connectivity index (χ0n) is 13.0. The van der Waals surface area contributed by atoms with Crippen molar-refractivity contribution in [3.63, 3.8) is 0 Å². The van der Waals surface area contributed by atoms with Gasteiger partial charge in [-0.1, -0.05) is 19.8 Å². The number of fused-ring (bicyclic) bond motifs is 1. The van der Waals surface area contributed by atoms with Gasteiger partial charge in [0.1, 0.15) is 5.69 Å². The van der Waals surface area contributed by atoms with Crippen LogP contribution in [-0.4, -0.2) is 34.8 Å². The molecule has 7 nitrogen and oxygen atoms in total. The molecule has 1 aliphatic heterocycles. The molecular weight excluding hydrogens is 270 g/mol. The molecule has 1 aliphatic rings. The second-order valence-corrected chi connectivity index (χ2v) is 6.00. The lowest BCUT2D eigenvalue weighted by Crippen LogP contribution is -2.55. The van der Waals surface area contributed by atoms with Gasteiger partial charge in [0.15, 0.2) is 5.82 Å². The maximum absolute atomic E-state index is 11.9. The van der Waals surface area contributed by atoms with E-state index >= 15 is 0 Å². The summed E-state index contributed by atoms with van der Waals surface area (Å²) in [6, 6.07) is -0.0156. The number of unbranched alkanes of at least 4 members (excludes halogenated alkanes) is 2. The predicted octanol–water partition coefficient (Wildman–Crippen LogP) is 1.54. The van der Waals surface area contributed by atoms with E-state index in [0.29, 0.717) is 18.1 Å². The van der Waals surface area contributed by atoms with E-state index in [2.05, 4.69) is 27.5 Å². The normalized spacial score (nSPS) is 19.5. The van der Waals surface area contributed by atoms with Gasteiger partial charge in [0.2, 0.25) is 5.95 Å². The number of rotatable bonds is 6. The Kier molecular flexibility index (Phi) is 4.72. The third-order valence-electron chi connectivity index (χ3n) is 3.74. The molecule has 0 spiro atoms. The second-order valence-electron chi connectivity index (χ2n) is 6.00. The lowest BCUT2D eigenvalue weighted by Gasteiger charge is -2.41. The monoisotopic (exact) mass is 295 g/mol. The lowest BCUT2D eigenvalue weighted by atomic mass is 9.92. The van der Waals surface area contributed by atoms with Gasteiger partial charge in [-0.3, -0.25) is 9.78 Å². The predicted molar refractivity (Wildman–Crippen MR) is 84.7 cm³/mol. The molecule has 1 atom stereocenters. The van der Waals surface area contributed by atoms with Crippen molar-refractivity contribution in [3.05, 3.63) is 10.4 Å². The molecule has 0 saturated heterocycles. The van der Waals surface area contributed by atoms with Crippen LogP contribution in [-0.2, 0) is 4.74 Å². The highest BCUT2D eigenvalue weighted by molar-refractivity contribution is 5.69. The van der Waals surface area contributed by atoms with E-state index in [1.807, 2.05) is 13.8 Å². The van der Waals surface area contributed by atoms with Crippen molar-refractivity contribution in [1.29, 1.82) is 0 Å². The minimum Gasteiger partial charge on any atom is -0.379 e. The summed E-state index contributed by atoms with van der Waals surface area (Å²) >= 11 is 0. The molecule has 1 aromatic heterocycles. The Bertz CT molecular complexity index is 541. The maximum atomic E-state index is 11.9. The zero-order valence-corrected chi connectivity index (χ0v) is 13.0. The highest BCUT2D eigenvalue weighted by Crippen LogP contribution is 2.29. The van der Waals surface area contributed by atoms with E-state index in [9.17, 15) is 4.79 Å². The quantitative estimate of drug-likeness (QED) is 0.593. The summed E-state index contributed by atoms with van der Waals surface area (Å²) in [7, 11) is 0. The molecule has 118 valence electrons. The lowest BCUT2D eigenvalue weighted by molar-refractivity contribution is 0.108. The molecule has 0 aliphatic carbocycles. The van der Waals surface area contributed by atoms with Crippen LogP contribution >= 0.6 is 0 Å². The molecule has 2 rings (SSSR count). The van der Waals surface area contributed by atoms with E-state index in [1.54, 1.807) is 0 Å². The summed E-state index contributed by atoms with van der Waals surface area (Å²) in [5.41, 5.74) is 5.44. The zero-order chi connectivity index (χ0) is 15.5. The molecule has 1 unspecified atom stereocenters. The Labute approximate surface area is 124 Å². The van der Waals surface area contributed by atoms with E-state index < -0.39 is 0 Å². The molecule has 2 heterocycles. The van der Waals surface area contributed by atoms with E-state index in [-0.39, 0.29) is 23.1 Å². The molecule has 7 heteroatoms. The van der Waals surface area contributed by atoms with Crippen LogP contribution in [0.25, 0.3) is 0 Å². The van der Waals surface area contributed by atoms with Crippen LogP contribution in [0.1, 0.15) is 40.0 Å². The van der Waals surface area contributed by atoms with Gasteiger partial charge in [0.25, 0.3) is 5.56 Å². The van der Waals surface area contributed by atoms with Gasteiger partial charge in [-0.2, -0.15) is 4.98 Å². The smallest absolute Gasteiger partial charge is 0.277 e. The van der Waals surface area contributed by atoms with Crippen LogP contribution in [0.3, 0.4) is 0 Å². The first-order valence-electron chi connectivity index (χ1n) is 7.46. The number of anilines is 3. The third-order valence-corrected chi connectivity index (χ3v) is 3.74. The van der Waals surface area contributed by atoms with Crippen molar-refractivity contribution in [1.82, 2.24) is 9.97 Å². The van der Waals surface area contributed by atoms with Crippen LogP contribution in [0.4, 0.5) is 17.5 Å². The Hall–Kier alpha value is -1.76. The fraction of sp³-hybridized carbons (Fsp3) is 0.714. The van der Waals surface area contributed by atoms with Gasteiger partial charge >= 0.3 is 0 Å². The first-order chi connectivity index (χ1) is 9.94. The van der Waals surface area contributed by atoms with Crippen LogP contribution in [0.5, 0.6) is 0 Å². The van der Waals surface area contributed by atoms with Gasteiger partial charge in [0, 0.05) is 6.61 Å². The summed E-state index contributed by atoms with van der Waals surface area (Å²) in [5.74, 6) is 0.599. The van der Waals surface area contributed by atoms with Crippen LogP contribution < -0.4 is 21.9 Å².